The second-order valence-electron chi connectivity index (χ2n) is 7.95. The zero-order chi connectivity index (χ0) is 21.7. The fraction of sp³-hybridized carbons (Fsp3) is 0.231. The number of pyridine rings is 2. The number of fused-ring (bicyclic) bond motifs is 4. The summed E-state index contributed by atoms with van der Waals surface area (Å²) < 4.78 is 0. The normalized spacial score (nSPS) is 11.7. The minimum atomic E-state index is -0.0302. The van der Waals surface area contributed by atoms with Crippen LogP contribution >= 0.6 is 0 Å². The number of aromatic amines is 2. The van der Waals surface area contributed by atoms with Gasteiger partial charge in [0.05, 0.1) is 16.6 Å². The lowest BCUT2D eigenvalue weighted by Gasteiger charge is -2.24. The number of hydrogen-bond donors (Lipinski definition) is 2. The van der Waals surface area contributed by atoms with E-state index in [1.165, 1.54) is 5.56 Å². The maximum atomic E-state index is 13.4. The van der Waals surface area contributed by atoms with Crippen LogP contribution < -0.4 is 15.8 Å². The summed E-state index contributed by atoms with van der Waals surface area (Å²) in [4.78, 5) is 35.6. The number of H-pyrrole nitrogens is 2. The van der Waals surface area contributed by atoms with Crippen LogP contribution in [0.3, 0.4) is 0 Å². The minimum absolute atomic E-state index is 0.0135. The number of aryl methyl sites for hydroxylation is 1. The van der Waals surface area contributed by atoms with Gasteiger partial charge >= 0.3 is 0 Å². The molecule has 2 aromatic heterocycles. The first-order valence-electron chi connectivity index (χ1n) is 10.9. The predicted octanol–water partition coefficient (Wildman–Crippen LogP) is 5.08. The number of para-hydroxylation sites is 1. The van der Waals surface area contributed by atoms with Crippen molar-refractivity contribution < 1.29 is 0 Å². The molecule has 0 saturated heterocycles. The van der Waals surface area contributed by atoms with Crippen LogP contribution in [0.2, 0.25) is 0 Å². The van der Waals surface area contributed by atoms with Gasteiger partial charge in [-0.3, -0.25) is 9.59 Å². The van der Waals surface area contributed by atoms with Gasteiger partial charge < -0.3 is 14.9 Å². The molecule has 0 amide bonds. The quantitative estimate of drug-likeness (QED) is 0.405. The van der Waals surface area contributed by atoms with Gasteiger partial charge in [-0.05, 0) is 62.2 Å². The molecular weight excluding hydrogens is 386 g/mol. The Morgan fingerprint density at radius 3 is 1.87 bits per heavy atom. The zero-order valence-corrected chi connectivity index (χ0v) is 18.0. The summed E-state index contributed by atoms with van der Waals surface area (Å²) >= 11 is 0. The third kappa shape index (κ3) is 2.92. The SMILES string of the molecule is CCc1cc2c(=O)c3cc4[nH]c5ccccc5c(=O)c4cc3[nH]c2cc1N(CC)CC. The Hall–Kier alpha value is -3.60. The summed E-state index contributed by atoms with van der Waals surface area (Å²) in [6.07, 6.45) is 0.857. The Balaban J connectivity index is 1.88. The van der Waals surface area contributed by atoms with Crippen LogP contribution in [0.4, 0.5) is 5.69 Å². The smallest absolute Gasteiger partial charge is 0.197 e. The van der Waals surface area contributed by atoms with Crippen LogP contribution in [0, 0.1) is 0 Å². The van der Waals surface area contributed by atoms with Crippen LogP contribution in [0.15, 0.2) is 58.1 Å². The van der Waals surface area contributed by atoms with E-state index in [9.17, 15) is 9.59 Å². The van der Waals surface area contributed by atoms with Crippen molar-refractivity contribution >= 4 is 49.3 Å². The second-order valence-corrected chi connectivity index (χ2v) is 7.95. The zero-order valence-electron chi connectivity index (χ0n) is 18.0. The summed E-state index contributed by atoms with van der Waals surface area (Å²) in [6.45, 7) is 8.20. The maximum absolute atomic E-state index is 13.4. The van der Waals surface area contributed by atoms with Crippen molar-refractivity contribution in [2.45, 2.75) is 27.2 Å². The highest BCUT2D eigenvalue weighted by Crippen LogP contribution is 2.28. The minimum Gasteiger partial charge on any atom is -0.372 e. The molecule has 2 heterocycles. The summed E-state index contributed by atoms with van der Waals surface area (Å²) in [5.74, 6) is 0. The van der Waals surface area contributed by atoms with Crippen molar-refractivity contribution in [2.24, 2.45) is 0 Å². The van der Waals surface area contributed by atoms with Crippen molar-refractivity contribution in [3.8, 4) is 0 Å². The Kier molecular flexibility index (Phi) is 4.54. The maximum Gasteiger partial charge on any atom is 0.197 e. The molecule has 5 heteroatoms. The lowest BCUT2D eigenvalue weighted by molar-refractivity contribution is 0.857. The molecule has 0 aliphatic rings. The third-order valence-electron chi connectivity index (χ3n) is 6.31. The molecule has 3 aromatic carbocycles. The molecular formula is C26H25N3O2. The van der Waals surface area contributed by atoms with E-state index >= 15 is 0 Å². The van der Waals surface area contributed by atoms with Crippen LogP contribution in [-0.2, 0) is 6.42 Å². The van der Waals surface area contributed by atoms with Crippen molar-refractivity contribution in [1.82, 2.24) is 9.97 Å². The largest absolute Gasteiger partial charge is 0.372 e. The summed E-state index contributed by atoms with van der Waals surface area (Å²) in [5.41, 5.74) is 5.21. The Morgan fingerprint density at radius 1 is 0.677 bits per heavy atom. The molecule has 0 radical (unpaired) electrons. The van der Waals surface area contributed by atoms with Gasteiger partial charge in [-0.15, -0.1) is 0 Å². The Labute approximate surface area is 179 Å². The molecule has 0 atom stereocenters. The highest BCUT2D eigenvalue weighted by Gasteiger charge is 2.14. The molecule has 0 bridgehead atoms. The van der Waals surface area contributed by atoms with Gasteiger partial charge in [0, 0.05) is 45.8 Å². The number of rotatable bonds is 4. The van der Waals surface area contributed by atoms with E-state index in [1.807, 2.05) is 36.4 Å². The Bertz CT molecular complexity index is 1590. The average molecular weight is 412 g/mol. The highest BCUT2D eigenvalue weighted by molar-refractivity contribution is 6.03. The molecule has 5 nitrogen and oxygen atoms in total. The molecule has 0 saturated carbocycles. The molecule has 5 aromatic rings. The molecule has 2 N–H and O–H groups in total. The van der Waals surface area contributed by atoms with E-state index < -0.39 is 0 Å². The summed E-state index contributed by atoms with van der Waals surface area (Å²) in [5, 5.41) is 2.50. The van der Waals surface area contributed by atoms with Crippen molar-refractivity contribution in [2.75, 3.05) is 18.0 Å². The van der Waals surface area contributed by atoms with Gasteiger partial charge in [0.25, 0.3) is 0 Å². The fourth-order valence-electron chi connectivity index (χ4n) is 4.62. The fourth-order valence-corrected chi connectivity index (χ4v) is 4.62. The van der Waals surface area contributed by atoms with Crippen molar-refractivity contribution in [1.29, 1.82) is 0 Å². The second kappa shape index (κ2) is 7.27. The molecule has 0 spiro atoms. The average Bonchev–Trinajstić information content (AvgIpc) is 2.79. The molecule has 0 aliphatic heterocycles. The standard InChI is InChI=1S/C26H25N3O2/c1-4-15-11-17-23(14-24(15)29(5-2)6-3)28-22-12-18-21(13-19(22)26(17)31)27-20-10-8-7-9-16(20)25(18)30/h7-14H,4-6H2,1-3H3,(H,27,30)(H,28,31). The number of aromatic nitrogens is 2. The van der Waals surface area contributed by atoms with Crippen LogP contribution in [-0.4, -0.2) is 23.1 Å². The van der Waals surface area contributed by atoms with Gasteiger partial charge in [-0.2, -0.15) is 0 Å². The number of benzene rings is 3. The topological polar surface area (TPSA) is 69.0 Å². The van der Waals surface area contributed by atoms with Gasteiger partial charge in [0.15, 0.2) is 10.9 Å². The summed E-state index contributed by atoms with van der Waals surface area (Å²) in [7, 11) is 0. The van der Waals surface area contributed by atoms with Gasteiger partial charge in [0.2, 0.25) is 0 Å². The first-order valence-corrected chi connectivity index (χ1v) is 10.9. The van der Waals surface area contributed by atoms with E-state index in [0.717, 1.165) is 36.2 Å². The molecule has 0 fully saturated rings. The Morgan fingerprint density at radius 2 is 1.23 bits per heavy atom. The van der Waals surface area contributed by atoms with E-state index in [2.05, 4.69) is 41.7 Å². The molecule has 156 valence electrons. The first kappa shape index (κ1) is 19.4. The molecule has 0 unspecified atom stereocenters. The number of hydrogen-bond acceptors (Lipinski definition) is 3. The van der Waals surface area contributed by atoms with E-state index in [4.69, 9.17) is 0 Å². The van der Waals surface area contributed by atoms with Crippen molar-refractivity contribution in [3.05, 3.63) is 74.5 Å². The lowest BCUT2D eigenvalue weighted by atomic mass is 10.0. The van der Waals surface area contributed by atoms with Crippen LogP contribution in [0.5, 0.6) is 0 Å². The molecule has 0 aliphatic carbocycles. The van der Waals surface area contributed by atoms with Crippen LogP contribution in [0.25, 0.3) is 43.6 Å². The monoisotopic (exact) mass is 411 g/mol. The van der Waals surface area contributed by atoms with E-state index in [-0.39, 0.29) is 10.9 Å². The van der Waals surface area contributed by atoms with E-state index in [1.54, 1.807) is 6.07 Å². The molecule has 31 heavy (non-hydrogen) atoms. The van der Waals surface area contributed by atoms with Gasteiger partial charge in [-0.25, -0.2) is 0 Å². The first-order chi connectivity index (χ1) is 15.0. The van der Waals surface area contributed by atoms with E-state index in [0.29, 0.717) is 32.6 Å². The summed E-state index contributed by atoms with van der Waals surface area (Å²) in [6, 6.07) is 15.2. The predicted molar refractivity (Wildman–Crippen MR) is 131 cm³/mol. The number of nitrogens with one attached hydrogen (secondary N) is 2. The lowest BCUT2D eigenvalue weighted by Crippen LogP contribution is -2.23. The van der Waals surface area contributed by atoms with Crippen molar-refractivity contribution in [3.63, 3.8) is 0 Å². The number of anilines is 1. The number of nitrogens with zero attached hydrogens (tertiary/aromatic N) is 1. The van der Waals surface area contributed by atoms with Gasteiger partial charge in [-0.1, -0.05) is 19.1 Å². The molecule has 5 rings (SSSR count). The van der Waals surface area contributed by atoms with Crippen LogP contribution in [0.1, 0.15) is 26.3 Å². The third-order valence-corrected chi connectivity index (χ3v) is 6.31. The highest BCUT2D eigenvalue weighted by atomic mass is 16.1. The van der Waals surface area contributed by atoms with Gasteiger partial charge in [0.1, 0.15) is 0 Å².